The van der Waals surface area contributed by atoms with Crippen molar-refractivity contribution >= 4 is 11.6 Å². The highest BCUT2D eigenvalue weighted by Crippen LogP contribution is 2.34. The van der Waals surface area contributed by atoms with Gasteiger partial charge in [0.15, 0.2) is 0 Å². The number of carbonyl (C=O) groups excluding carboxylic acids is 1. The lowest BCUT2D eigenvalue weighted by molar-refractivity contribution is -0.129. The van der Waals surface area contributed by atoms with Crippen molar-refractivity contribution in [2.24, 2.45) is 0 Å². The summed E-state index contributed by atoms with van der Waals surface area (Å²) in [5.74, 6) is 1.94. The third kappa shape index (κ3) is 7.40. The van der Waals surface area contributed by atoms with Crippen molar-refractivity contribution in [2.75, 3.05) is 64.5 Å². The number of nitrogens with zero attached hydrogens (tertiary/aromatic N) is 2. The van der Waals surface area contributed by atoms with Gasteiger partial charge in [-0.15, -0.1) is 0 Å². The lowest BCUT2D eigenvalue weighted by Crippen LogP contribution is -2.41. The molecule has 7 nitrogen and oxygen atoms in total. The van der Waals surface area contributed by atoms with Crippen molar-refractivity contribution in [1.29, 1.82) is 0 Å². The summed E-state index contributed by atoms with van der Waals surface area (Å²) < 4.78 is 17.7. The molecule has 1 unspecified atom stereocenters. The number of anilines is 1. The van der Waals surface area contributed by atoms with E-state index in [0.29, 0.717) is 31.5 Å². The number of carbonyl (C=O) groups is 1. The van der Waals surface area contributed by atoms with Crippen molar-refractivity contribution in [2.45, 2.75) is 50.2 Å². The van der Waals surface area contributed by atoms with E-state index in [1.165, 1.54) is 11.1 Å². The summed E-state index contributed by atoms with van der Waals surface area (Å²) in [4.78, 5) is 17.5. The molecule has 3 aromatic carbocycles. The molecule has 0 aliphatic carbocycles. The van der Waals surface area contributed by atoms with Crippen molar-refractivity contribution in [3.63, 3.8) is 0 Å². The number of hydrogen-bond acceptors (Lipinski definition) is 6. The molecule has 0 spiro atoms. The van der Waals surface area contributed by atoms with Crippen LogP contribution in [0.25, 0.3) is 0 Å². The van der Waals surface area contributed by atoms with Gasteiger partial charge in [-0.25, -0.2) is 0 Å². The topological polar surface area (TPSA) is 63.3 Å². The Morgan fingerprint density at radius 2 is 1.81 bits per heavy atom. The molecule has 3 atom stereocenters. The summed E-state index contributed by atoms with van der Waals surface area (Å²) in [5, 5.41) is 3.53. The molecule has 228 valence electrons. The molecule has 0 bridgehead atoms. The number of rotatable bonds is 11. The Morgan fingerprint density at radius 3 is 2.65 bits per heavy atom. The second kappa shape index (κ2) is 14.4. The van der Waals surface area contributed by atoms with E-state index in [0.717, 1.165) is 87.7 Å². The van der Waals surface area contributed by atoms with Gasteiger partial charge in [-0.1, -0.05) is 60.7 Å². The molecule has 1 amide bonds. The summed E-state index contributed by atoms with van der Waals surface area (Å²) in [5.41, 5.74) is 6.01. The van der Waals surface area contributed by atoms with Gasteiger partial charge in [-0.3, -0.25) is 4.79 Å². The normalized spacial score (nSPS) is 21.8. The highest BCUT2D eigenvalue weighted by Gasteiger charge is 2.29. The Morgan fingerprint density at radius 1 is 0.977 bits per heavy atom. The first-order chi connectivity index (χ1) is 21.2. The van der Waals surface area contributed by atoms with Crippen molar-refractivity contribution < 1.29 is 19.0 Å². The second-order valence-corrected chi connectivity index (χ2v) is 12.1. The zero-order valence-electron chi connectivity index (χ0n) is 25.4. The largest absolute Gasteiger partial charge is 0.490 e. The zero-order chi connectivity index (χ0) is 29.4. The van der Waals surface area contributed by atoms with Gasteiger partial charge in [-0.05, 0) is 60.2 Å². The first-order valence-corrected chi connectivity index (χ1v) is 15.9. The van der Waals surface area contributed by atoms with Gasteiger partial charge >= 0.3 is 0 Å². The van der Waals surface area contributed by atoms with Crippen LogP contribution in [0.3, 0.4) is 0 Å². The molecule has 3 aliphatic heterocycles. The van der Waals surface area contributed by atoms with Crippen LogP contribution in [0.4, 0.5) is 5.69 Å². The van der Waals surface area contributed by atoms with Crippen LogP contribution >= 0.6 is 0 Å². The van der Waals surface area contributed by atoms with E-state index in [9.17, 15) is 4.79 Å². The molecule has 2 fully saturated rings. The number of nitrogens with one attached hydrogen (secondary N) is 1. The van der Waals surface area contributed by atoms with E-state index in [4.69, 9.17) is 14.2 Å². The van der Waals surface area contributed by atoms with Gasteiger partial charge in [0.05, 0.1) is 31.4 Å². The molecule has 3 aromatic rings. The number of ether oxygens (including phenoxy) is 3. The average molecular weight is 584 g/mol. The van der Waals surface area contributed by atoms with Crippen LogP contribution in [0.1, 0.15) is 53.4 Å². The predicted octanol–water partition coefficient (Wildman–Crippen LogP) is 5.14. The number of benzene rings is 3. The van der Waals surface area contributed by atoms with Gasteiger partial charge in [0.1, 0.15) is 12.4 Å². The Labute approximate surface area is 256 Å². The molecule has 0 saturated carbocycles. The Hall–Kier alpha value is -3.39. The fourth-order valence-corrected chi connectivity index (χ4v) is 6.78. The van der Waals surface area contributed by atoms with Crippen LogP contribution in [0.2, 0.25) is 0 Å². The Balaban J connectivity index is 1.04. The molecule has 1 N–H and O–H groups in total. The van der Waals surface area contributed by atoms with Crippen LogP contribution in [-0.2, 0) is 27.3 Å². The van der Waals surface area contributed by atoms with Crippen molar-refractivity contribution in [3.8, 4) is 5.75 Å². The molecule has 2 saturated heterocycles. The minimum Gasteiger partial charge on any atom is -0.490 e. The van der Waals surface area contributed by atoms with Crippen LogP contribution in [0, 0.1) is 0 Å². The third-order valence-electron chi connectivity index (χ3n) is 9.22. The molecule has 0 radical (unpaired) electrons. The fraction of sp³-hybridized carbons (Fsp3) is 0.472. The maximum atomic E-state index is 13.1. The predicted molar refractivity (Wildman–Crippen MR) is 170 cm³/mol. The number of hydrogen-bond donors (Lipinski definition) is 1. The van der Waals surface area contributed by atoms with E-state index < -0.39 is 0 Å². The number of fused-ring (bicyclic) bond motifs is 1. The van der Waals surface area contributed by atoms with Gasteiger partial charge < -0.3 is 29.3 Å². The Bertz CT molecular complexity index is 1330. The Kier molecular flexibility index (Phi) is 9.93. The monoisotopic (exact) mass is 583 g/mol. The van der Waals surface area contributed by atoms with Crippen LogP contribution in [0.5, 0.6) is 5.75 Å². The van der Waals surface area contributed by atoms with Crippen LogP contribution in [-0.4, -0.2) is 76.5 Å². The third-order valence-corrected chi connectivity index (χ3v) is 9.22. The molecular weight excluding hydrogens is 538 g/mol. The lowest BCUT2D eigenvalue weighted by Gasteiger charge is -2.33. The smallest absolute Gasteiger partial charge is 0.227 e. The summed E-state index contributed by atoms with van der Waals surface area (Å²) in [6.45, 7) is 7.36. The van der Waals surface area contributed by atoms with Crippen molar-refractivity contribution in [3.05, 3.63) is 95.1 Å². The molecule has 0 aromatic heterocycles. The number of likely N-dealkylation sites (tertiary alicyclic amines) is 1. The highest BCUT2D eigenvalue weighted by molar-refractivity contribution is 5.79. The highest BCUT2D eigenvalue weighted by atomic mass is 16.5. The number of methoxy groups -OCH3 is 1. The standard InChI is InChI=1S/C36H45N3O4/c1-41-20-5-17-38-19-21-42-34-13-10-28(22-33(34)38)26-43-35-24-37-16-14-32(35)30-11-8-27(9-12-30)23-36(40)39-18-15-31(25-39)29-6-3-2-4-7-29/h2-4,6-13,22,31-32,35,37H,5,14-21,23-26H2,1H3/t31?,32-,35+/m1/s1. The zero-order valence-corrected chi connectivity index (χ0v) is 25.4. The SMILES string of the molecule is COCCCN1CCOc2ccc(CO[C@H]3CNCC[C@@H]3c3ccc(CC(=O)N4CCC(c5ccccc5)C4)cc3)cc21. The van der Waals surface area contributed by atoms with Crippen LogP contribution in [0.15, 0.2) is 72.8 Å². The van der Waals surface area contributed by atoms with Crippen LogP contribution < -0.4 is 15.0 Å². The number of piperidine rings is 1. The molecular formula is C36H45N3O4. The lowest BCUT2D eigenvalue weighted by atomic mass is 9.87. The second-order valence-electron chi connectivity index (χ2n) is 12.1. The fourth-order valence-electron chi connectivity index (χ4n) is 6.78. The molecule has 43 heavy (non-hydrogen) atoms. The van der Waals surface area contributed by atoms with E-state index in [1.807, 2.05) is 11.0 Å². The first kappa shape index (κ1) is 29.7. The minimum absolute atomic E-state index is 0.0887. The molecule has 3 heterocycles. The quantitative estimate of drug-likeness (QED) is 0.316. The average Bonchev–Trinajstić information content (AvgIpc) is 3.56. The van der Waals surface area contributed by atoms with Gasteiger partial charge in [-0.2, -0.15) is 0 Å². The van der Waals surface area contributed by atoms with E-state index in [2.05, 4.69) is 76.9 Å². The summed E-state index contributed by atoms with van der Waals surface area (Å²) in [6, 6.07) is 25.7. The minimum atomic E-state index is 0.0887. The summed E-state index contributed by atoms with van der Waals surface area (Å²) in [6.07, 6.45) is 3.61. The van der Waals surface area contributed by atoms with E-state index in [-0.39, 0.29) is 12.0 Å². The molecule has 7 heteroatoms. The molecule has 6 rings (SSSR count). The first-order valence-electron chi connectivity index (χ1n) is 15.9. The number of amides is 1. The maximum absolute atomic E-state index is 13.1. The van der Waals surface area contributed by atoms with E-state index >= 15 is 0 Å². The summed E-state index contributed by atoms with van der Waals surface area (Å²) in [7, 11) is 1.75. The van der Waals surface area contributed by atoms with E-state index in [1.54, 1.807) is 7.11 Å². The van der Waals surface area contributed by atoms with Gasteiger partial charge in [0.25, 0.3) is 0 Å². The van der Waals surface area contributed by atoms with Gasteiger partial charge in [0.2, 0.25) is 5.91 Å². The molecule has 3 aliphatic rings. The summed E-state index contributed by atoms with van der Waals surface area (Å²) >= 11 is 0. The maximum Gasteiger partial charge on any atom is 0.227 e. The van der Waals surface area contributed by atoms with Crippen molar-refractivity contribution in [1.82, 2.24) is 10.2 Å². The van der Waals surface area contributed by atoms with Gasteiger partial charge in [0, 0.05) is 51.7 Å².